The van der Waals surface area contributed by atoms with Gasteiger partial charge in [0.2, 0.25) is 0 Å². The molecule has 0 saturated heterocycles. The molecule has 1 saturated carbocycles. The predicted molar refractivity (Wildman–Crippen MR) is 54.9 cm³/mol. The molecule has 0 bridgehead atoms. The lowest BCUT2D eigenvalue weighted by Gasteiger charge is -1.82. The second-order valence-corrected chi connectivity index (χ2v) is 2.94. The predicted octanol–water partition coefficient (Wildman–Crippen LogP) is 4.64. The highest BCUT2D eigenvalue weighted by molar-refractivity contribution is 4.71. The van der Waals surface area contributed by atoms with Crippen molar-refractivity contribution in [2.75, 3.05) is 0 Å². The van der Waals surface area contributed by atoms with Crippen LogP contribution in [0.4, 0.5) is 0 Å². The average molecular weight is 158 g/mol. The zero-order valence-electron chi connectivity index (χ0n) is 9.11. The van der Waals surface area contributed by atoms with Crippen LogP contribution in [0.25, 0.3) is 0 Å². The van der Waals surface area contributed by atoms with E-state index in [4.69, 9.17) is 0 Å². The summed E-state index contributed by atoms with van der Waals surface area (Å²) in [5.41, 5.74) is 0. The van der Waals surface area contributed by atoms with E-state index in [9.17, 15) is 0 Å². The van der Waals surface area contributed by atoms with Gasteiger partial charge >= 0.3 is 0 Å². The Hall–Kier alpha value is 0. The summed E-state index contributed by atoms with van der Waals surface area (Å²) in [6, 6.07) is 0. The van der Waals surface area contributed by atoms with Crippen LogP contribution in [0.5, 0.6) is 0 Å². The normalized spacial score (nSPS) is 13.9. The van der Waals surface area contributed by atoms with Gasteiger partial charge in [0.15, 0.2) is 0 Å². The van der Waals surface area contributed by atoms with Gasteiger partial charge in [-0.15, -0.1) is 0 Å². The third kappa shape index (κ3) is 17.8. The van der Waals surface area contributed by atoms with Crippen molar-refractivity contribution in [3.63, 3.8) is 0 Å². The molecule has 0 aromatic rings. The minimum atomic E-state index is 1.15. The van der Waals surface area contributed by atoms with E-state index in [2.05, 4.69) is 20.8 Å². The lowest BCUT2D eigenvalue weighted by atomic mass is 10.2. The minimum absolute atomic E-state index is 1.15. The maximum absolute atomic E-state index is 2.26. The van der Waals surface area contributed by atoms with Crippen LogP contribution in [0.1, 0.15) is 66.7 Å². The minimum Gasteiger partial charge on any atom is -0.0683 e. The van der Waals surface area contributed by atoms with Crippen LogP contribution in [0.3, 0.4) is 0 Å². The topological polar surface area (TPSA) is 0 Å². The van der Waals surface area contributed by atoms with E-state index >= 15 is 0 Å². The Balaban J connectivity index is 0. The molecule has 0 aliphatic heterocycles. The van der Waals surface area contributed by atoms with Crippen molar-refractivity contribution in [3.8, 4) is 0 Å². The summed E-state index contributed by atoms with van der Waals surface area (Å²) in [4.78, 5) is 0. The zero-order valence-corrected chi connectivity index (χ0v) is 9.11. The maximum Gasteiger partial charge on any atom is -0.0414 e. The average Bonchev–Trinajstić information content (AvgIpc) is 2.79. The lowest BCUT2D eigenvalue weighted by Crippen LogP contribution is -1.68. The van der Waals surface area contributed by atoms with Crippen molar-refractivity contribution < 1.29 is 0 Å². The Morgan fingerprint density at radius 1 is 1.00 bits per heavy atom. The van der Waals surface area contributed by atoms with Gasteiger partial charge in [-0.05, 0) is 5.92 Å². The molecular formula is C11H26. The molecule has 1 aliphatic carbocycles. The van der Waals surface area contributed by atoms with E-state index in [-0.39, 0.29) is 0 Å². The van der Waals surface area contributed by atoms with Gasteiger partial charge in [0.25, 0.3) is 0 Å². The zero-order chi connectivity index (χ0) is 9.11. The Bertz CT molecular complexity index is 44.0. The van der Waals surface area contributed by atoms with Gasteiger partial charge in [-0.25, -0.2) is 0 Å². The van der Waals surface area contributed by atoms with Crippen molar-refractivity contribution >= 4 is 0 Å². The Labute approximate surface area is 73.4 Å². The lowest BCUT2D eigenvalue weighted by molar-refractivity contribution is 0.708. The first-order valence-corrected chi connectivity index (χ1v) is 5.35. The standard InChI is InChI=1S/C6H12.C3H8.C2H6/c1-2-3-6-4-5-6;1-3-2;1-2/h6H,2-5H2,1H3;3H2,1-2H3;1-2H3. The molecule has 0 N–H and O–H groups in total. The molecular weight excluding hydrogens is 132 g/mol. The molecule has 0 heteroatoms. The van der Waals surface area contributed by atoms with Crippen molar-refractivity contribution in [2.45, 2.75) is 66.7 Å². The molecule has 0 unspecified atom stereocenters. The molecule has 0 spiro atoms. The monoisotopic (exact) mass is 158 g/mol. The van der Waals surface area contributed by atoms with E-state index < -0.39 is 0 Å². The summed E-state index contributed by atoms with van der Waals surface area (Å²) in [6.07, 6.45) is 7.17. The molecule has 1 fully saturated rings. The molecule has 0 aromatic carbocycles. The first kappa shape index (κ1) is 13.6. The largest absolute Gasteiger partial charge is 0.0683 e. The van der Waals surface area contributed by atoms with Gasteiger partial charge in [0.05, 0.1) is 0 Å². The van der Waals surface area contributed by atoms with Gasteiger partial charge in [0.1, 0.15) is 0 Å². The second kappa shape index (κ2) is 12.7. The van der Waals surface area contributed by atoms with Gasteiger partial charge in [-0.1, -0.05) is 66.7 Å². The summed E-state index contributed by atoms with van der Waals surface area (Å²) < 4.78 is 0. The number of hydrogen-bond donors (Lipinski definition) is 0. The summed E-state index contributed by atoms with van der Waals surface area (Å²) in [5.74, 6) is 1.15. The van der Waals surface area contributed by atoms with Crippen molar-refractivity contribution in [1.82, 2.24) is 0 Å². The third-order valence-electron chi connectivity index (χ3n) is 1.39. The van der Waals surface area contributed by atoms with Crippen molar-refractivity contribution in [1.29, 1.82) is 0 Å². The Morgan fingerprint density at radius 3 is 1.45 bits per heavy atom. The number of rotatable bonds is 2. The van der Waals surface area contributed by atoms with Gasteiger partial charge < -0.3 is 0 Å². The van der Waals surface area contributed by atoms with Crippen LogP contribution in [0.15, 0.2) is 0 Å². The molecule has 0 amide bonds. The fourth-order valence-electron chi connectivity index (χ4n) is 0.815. The summed E-state index contributed by atoms with van der Waals surface area (Å²) in [5, 5.41) is 0. The molecule has 0 atom stereocenters. The molecule has 0 aromatic heterocycles. The van der Waals surface area contributed by atoms with Crippen LogP contribution >= 0.6 is 0 Å². The molecule has 0 nitrogen and oxygen atoms in total. The highest BCUT2D eigenvalue weighted by Crippen LogP contribution is 2.32. The molecule has 0 heterocycles. The fraction of sp³-hybridized carbons (Fsp3) is 1.00. The van der Waals surface area contributed by atoms with Crippen LogP contribution in [-0.4, -0.2) is 0 Å². The first-order valence-electron chi connectivity index (χ1n) is 5.35. The second-order valence-electron chi connectivity index (χ2n) is 2.94. The molecule has 1 rings (SSSR count). The SMILES string of the molecule is CC.CCC.CCCC1CC1. The molecule has 0 radical (unpaired) electrons. The van der Waals surface area contributed by atoms with E-state index in [1.54, 1.807) is 0 Å². The Morgan fingerprint density at radius 2 is 1.36 bits per heavy atom. The van der Waals surface area contributed by atoms with Crippen molar-refractivity contribution in [3.05, 3.63) is 0 Å². The highest BCUT2D eigenvalue weighted by atomic mass is 14.2. The smallest absolute Gasteiger partial charge is 0.0414 e. The maximum atomic E-state index is 2.26. The Kier molecular flexibility index (Phi) is 15.6. The van der Waals surface area contributed by atoms with Crippen LogP contribution < -0.4 is 0 Å². The van der Waals surface area contributed by atoms with Crippen LogP contribution in [0.2, 0.25) is 0 Å². The first-order chi connectivity index (χ1) is 5.35. The van der Waals surface area contributed by atoms with Crippen LogP contribution in [0, 0.1) is 5.92 Å². The van der Waals surface area contributed by atoms with Gasteiger partial charge in [0, 0.05) is 0 Å². The van der Waals surface area contributed by atoms with Crippen molar-refractivity contribution in [2.24, 2.45) is 5.92 Å². The quantitative estimate of drug-likeness (QED) is 0.549. The summed E-state index contributed by atoms with van der Waals surface area (Å²) in [7, 11) is 0. The van der Waals surface area contributed by atoms with E-state index in [1.165, 1.54) is 32.1 Å². The molecule has 11 heavy (non-hydrogen) atoms. The van der Waals surface area contributed by atoms with E-state index in [0.717, 1.165) is 5.92 Å². The molecule has 1 aliphatic rings. The van der Waals surface area contributed by atoms with Gasteiger partial charge in [-0.3, -0.25) is 0 Å². The van der Waals surface area contributed by atoms with E-state index in [0.29, 0.717) is 0 Å². The third-order valence-corrected chi connectivity index (χ3v) is 1.39. The summed E-state index contributed by atoms with van der Waals surface area (Å²) >= 11 is 0. The van der Waals surface area contributed by atoms with Gasteiger partial charge in [-0.2, -0.15) is 0 Å². The fourth-order valence-corrected chi connectivity index (χ4v) is 0.815. The van der Waals surface area contributed by atoms with Crippen LogP contribution in [-0.2, 0) is 0 Å². The number of hydrogen-bond acceptors (Lipinski definition) is 0. The van der Waals surface area contributed by atoms with E-state index in [1.807, 2.05) is 13.8 Å². The molecule has 70 valence electrons. The highest BCUT2D eigenvalue weighted by Gasteiger charge is 2.18. The summed E-state index contributed by atoms with van der Waals surface area (Å²) in [6.45, 7) is 10.5.